The molecule has 0 bridgehead atoms. The number of para-hydroxylation sites is 2. The van der Waals surface area contributed by atoms with E-state index >= 15 is 0 Å². The van der Waals surface area contributed by atoms with E-state index in [4.69, 9.17) is 0 Å². The van der Waals surface area contributed by atoms with Gasteiger partial charge in [-0.3, -0.25) is 0 Å². The Morgan fingerprint density at radius 2 is 1.08 bits per heavy atom. The molecule has 2 aromatic heterocycles. The zero-order valence-corrected chi connectivity index (χ0v) is 28.6. The van der Waals surface area contributed by atoms with Crippen LogP contribution in [0.5, 0.6) is 0 Å². The summed E-state index contributed by atoms with van der Waals surface area (Å²) in [6.45, 7) is 0. The molecule has 2 atom stereocenters. The third-order valence-electron chi connectivity index (χ3n) is 10.8. The summed E-state index contributed by atoms with van der Waals surface area (Å²) in [6, 6.07) is 58.0. The Kier molecular flexibility index (Phi) is 6.34. The van der Waals surface area contributed by atoms with Gasteiger partial charge in [0.05, 0.1) is 22.1 Å². The first-order valence-corrected chi connectivity index (χ1v) is 18.6. The third kappa shape index (κ3) is 4.38. The molecule has 0 N–H and O–H groups in total. The summed E-state index contributed by atoms with van der Waals surface area (Å²) in [5.41, 5.74) is 13.6. The van der Waals surface area contributed by atoms with Gasteiger partial charge in [0.15, 0.2) is 0 Å². The Morgan fingerprint density at radius 3 is 1.98 bits per heavy atom. The molecule has 1 aliphatic carbocycles. The zero-order chi connectivity index (χ0) is 33.5. The standard InChI is InChI=1S/C48H32N2S/c1-3-12-31(13-4-1)34-22-24-40-45(30-34)50(44-27-25-39-38-19-8-10-21-46(38)51-48(39)47(40)44)36-17-11-14-32(28-36)33-23-26-43-41(29-33)37-18-7-9-20-42(37)49(43)35-15-5-2-6-16-35/h1-30,38,46H. The van der Waals surface area contributed by atoms with Gasteiger partial charge in [-0.1, -0.05) is 127 Å². The van der Waals surface area contributed by atoms with Crippen molar-refractivity contribution in [2.45, 2.75) is 16.1 Å². The van der Waals surface area contributed by atoms with Crippen molar-refractivity contribution in [3.63, 3.8) is 0 Å². The van der Waals surface area contributed by atoms with Gasteiger partial charge >= 0.3 is 0 Å². The van der Waals surface area contributed by atoms with Gasteiger partial charge in [-0.15, -0.1) is 11.8 Å². The average Bonchev–Trinajstić information content (AvgIpc) is 3.86. The molecule has 0 amide bonds. The second-order valence-electron chi connectivity index (χ2n) is 13.7. The van der Waals surface area contributed by atoms with E-state index in [9.17, 15) is 0 Å². The molecule has 11 rings (SSSR count). The van der Waals surface area contributed by atoms with Crippen LogP contribution < -0.4 is 0 Å². The molecule has 0 saturated heterocycles. The highest BCUT2D eigenvalue weighted by atomic mass is 32.2. The predicted octanol–water partition coefficient (Wildman–Crippen LogP) is 12.9. The Balaban J connectivity index is 1.12. The number of hydrogen-bond donors (Lipinski definition) is 0. The first-order chi connectivity index (χ1) is 25.3. The third-order valence-corrected chi connectivity index (χ3v) is 12.2. The van der Waals surface area contributed by atoms with Crippen molar-refractivity contribution >= 4 is 55.4 Å². The van der Waals surface area contributed by atoms with E-state index in [2.05, 4.69) is 191 Å². The lowest BCUT2D eigenvalue weighted by Crippen LogP contribution is -2.06. The number of benzene rings is 7. The topological polar surface area (TPSA) is 9.86 Å². The van der Waals surface area contributed by atoms with E-state index in [1.807, 2.05) is 11.8 Å². The lowest BCUT2D eigenvalue weighted by Gasteiger charge is -2.14. The molecular weight excluding hydrogens is 637 g/mol. The molecule has 0 saturated carbocycles. The maximum atomic E-state index is 2.49. The van der Waals surface area contributed by atoms with Crippen LogP contribution in [0.25, 0.3) is 77.2 Å². The number of aromatic nitrogens is 2. The van der Waals surface area contributed by atoms with Gasteiger partial charge in [-0.2, -0.15) is 0 Å². The first-order valence-electron chi connectivity index (χ1n) is 17.7. The number of thioether (sulfide) groups is 1. The lowest BCUT2D eigenvalue weighted by molar-refractivity contribution is 0.883. The van der Waals surface area contributed by atoms with E-state index in [0.717, 1.165) is 0 Å². The molecule has 2 aliphatic rings. The monoisotopic (exact) mass is 668 g/mol. The lowest BCUT2D eigenvalue weighted by atomic mass is 9.91. The number of hydrogen-bond acceptors (Lipinski definition) is 1. The molecule has 51 heavy (non-hydrogen) atoms. The van der Waals surface area contributed by atoms with Crippen LogP contribution in [0.2, 0.25) is 0 Å². The highest BCUT2D eigenvalue weighted by Crippen LogP contribution is 2.53. The van der Waals surface area contributed by atoms with Crippen molar-refractivity contribution < 1.29 is 0 Å². The summed E-state index contributed by atoms with van der Waals surface area (Å²) in [5.74, 6) is 0.424. The van der Waals surface area contributed by atoms with Crippen LogP contribution in [0.3, 0.4) is 0 Å². The number of nitrogens with zero attached hydrogens (tertiary/aromatic N) is 2. The minimum absolute atomic E-state index is 0.424. The van der Waals surface area contributed by atoms with Crippen molar-refractivity contribution in [2.24, 2.45) is 0 Å². The summed E-state index contributed by atoms with van der Waals surface area (Å²) in [5, 5.41) is 5.65. The van der Waals surface area contributed by atoms with E-state index in [1.54, 1.807) is 0 Å². The van der Waals surface area contributed by atoms with Crippen LogP contribution in [0, 0.1) is 0 Å². The van der Waals surface area contributed by atoms with E-state index < -0.39 is 0 Å². The molecule has 3 heteroatoms. The predicted molar refractivity (Wildman–Crippen MR) is 217 cm³/mol. The van der Waals surface area contributed by atoms with Crippen molar-refractivity contribution in [3.05, 3.63) is 188 Å². The maximum absolute atomic E-state index is 2.49. The molecule has 0 radical (unpaired) electrons. The fourth-order valence-electron chi connectivity index (χ4n) is 8.52. The molecular formula is C48H32N2S. The Labute approximate surface area is 300 Å². The fourth-order valence-corrected chi connectivity index (χ4v) is 10.0. The van der Waals surface area contributed by atoms with Crippen molar-refractivity contribution in [1.29, 1.82) is 0 Å². The molecule has 0 fully saturated rings. The highest BCUT2D eigenvalue weighted by Gasteiger charge is 2.33. The average molecular weight is 669 g/mol. The fraction of sp³-hybridized carbons (Fsp3) is 0.0417. The van der Waals surface area contributed by atoms with Gasteiger partial charge in [0.2, 0.25) is 0 Å². The Hall–Kier alpha value is -6.03. The molecule has 1 aliphatic heterocycles. The molecule has 240 valence electrons. The van der Waals surface area contributed by atoms with Crippen molar-refractivity contribution in [1.82, 2.24) is 9.13 Å². The normalized spacial score (nSPS) is 16.4. The summed E-state index contributed by atoms with van der Waals surface area (Å²) in [7, 11) is 0. The molecule has 2 nitrogen and oxygen atoms in total. The van der Waals surface area contributed by atoms with E-state index in [1.165, 1.54) is 87.7 Å². The van der Waals surface area contributed by atoms with Gasteiger partial charge in [0, 0.05) is 49.0 Å². The number of fused-ring (bicyclic) bond motifs is 10. The van der Waals surface area contributed by atoms with Crippen LogP contribution in [0.1, 0.15) is 11.5 Å². The molecule has 7 aromatic carbocycles. The van der Waals surface area contributed by atoms with Crippen LogP contribution in [0.4, 0.5) is 0 Å². The molecule has 0 spiro atoms. The molecule has 2 unspecified atom stereocenters. The maximum Gasteiger partial charge on any atom is 0.0552 e. The summed E-state index contributed by atoms with van der Waals surface area (Å²) in [6.07, 6.45) is 9.15. The van der Waals surface area contributed by atoms with Crippen molar-refractivity contribution in [2.75, 3.05) is 0 Å². The first kappa shape index (κ1) is 28.8. The minimum atomic E-state index is 0.424. The number of rotatable bonds is 4. The quantitative estimate of drug-likeness (QED) is 0.181. The van der Waals surface area contributed by atoms with Crippen LogP contribution in [-0.4, -0.2) is 14.4 Å². The molecule has 9 aromatic rings. The van der Waals surface area contributed by atoms with Gasteiger partial charge in [-0.25, -0.2) is 0 Å². The van der Waals surface area contributed by atoms with Gasteiger partial charge in [-0.05, 0) is 82.4 Å². The Morgan fingerprint density at radius 1 is 0.412 bits per heavy atom. The number of allylic oxidation sites excluding steroid dienone is 3. The minimum Gasteiger partial charge on any atom is -0.309 e. The van der Waals surface area contributed by atoms with Crippen molar-refractivity contribution in [3.8, 4) is 33.6 Å². The second kappa shape index (κ2) is 11.2. The largest absolute Gasteiger partial charge is 0.309 e. The van der Waals surface area contributed by atoms with Gasteiger partial charge in [0.25, 0.3) is 0 Å². The van der Waals surface area contributed by atoms with Gasteiger partial charge in [0.1, 0.15) is 0 Å². The van der Waals surface area contributed by atoms with Gasteiger partial charge < -0.3 is 9.13 Å². The highest BCUT2D eigenvalue weighted by molar-refractivity contribution is 8.00. The summed E-state index contributed by atoms with van der Waals surface area (Å²) >= 11 is 2.02. The summed E-state index contributed by atoms with van der Waals surface area (Å²) < 4.78 is 4.88. The second-order valence-corrected chi connectivity index (χ2v) is 14.8. The molecule has 3 heterocycles. The zero-order valence-electron chi connectivity index (χ0n) is 27.8. The van der Waals surface area contributed by atoms with Crippen LogP contribution in [0.15, 0.2) is 187 Å². The SMILES string of the molecule is C1=CC2Sc3c(ccc4c3c3ccc(-c5ccccc5)cc3n4-c3cccc(-c4ccc5c(c4)c4ccccc4n5-c4ccccc4)c3)C2C=C1. The van der Waals surface area contributed by atoms with E-state index in [-0.39, 0.29) is 0 Å². The van der Waals surface area contributed by atoms with Crippen LogP contribution in [-0.2, 0) is 0 Å². The smallest absolute Gasteiger partial charge is 0.0552 e. The Bertz CT molecular complexity index is 2890. The summed E-state index contributed by atoms with van der Waals surface area (Å²) in [4.78, 5) is 1.42. The van der Waals surface area contributed by atoms with Crippen LogP contribution >= 0.6 is 11.8 Å². The van der Waals surface area contributed by atoms with E-state index in [0.29, 0.717) is 11.2 Å².